The second-order valence-electron chi connectivity index (χ2n) is 6.58. The van der Waals surface area contributed by atoms with Crippen molar-refractivity contribution in [1.82, 2.24) is 5.32 Å². The number of ether oxygens (including phenoxy) is 1. The summed E-state index contributed by atoms with van der Waals surface area (Å²) >= 11 is 0. The summed E-state index contributed by atoms with van der Waals surface area (Å²) in [6.45, 7) is 7.61. The van der Waals surface area contributed by atoms with Crippen molar-refractivity contribution in [3.8, 4) is 0 Å². The first-order valence-corrected chi connectivity index (χ1v) is 7.91. The Morgan fingerprint density at radius 1 is 1.30 bits per heavy atom. The zero-order valence-corrected chi connectivity index (χ0v) is 13.4. The fourth-order valence-electron chi connectivity index (χ4n) is 3.08. The summed E-state index contributed by atoms with van der Waals surface area (Å²) in [5.41, 5.74) is 1.50. The van der Waals surface area contributed by atoms with Gasteiger partial charge in [-0.25, -0.2) is 0 Å². The van der Waals surface area contributed by atoms with Gasteiger partial charge in [0.1, 0.15) is 0 Å². The number of methoxy groups -OCH3 is 1. The van der Waals surface area contributed by atoms with Crippen LogP contribution in [-0.4, -0.2) is 25.3 Å². The lowest BCUT2D eigenvalue weighted by Crippen LogP contribution is -2.34. The van der Waals surface area contributed by atoms with E-state index < -0.39 is 0 Å². The fraction of sp³-hybridized carbons (Fsp3) is 0.667. The third-order valence-corrected chi connectivity index (χ3v) is 4.66. The van der Waals surface area contributed by atoms with Crippen molar-refractivity contribution in [2.75, 3.05) is 13.7 Å². The third kappa shape index (κ3) is 4.07. The average Bonchev–Trinajstić information content (AvgIpc) is 3.25. The van der Waals surface area contributed by atoms with Crippen LogP contribution < -0.4 is 5.32 Å². The molecule has 1 aromatic carbocycles. The van der Waals surface area contributed by atoms with Gasteiger partial charge in [-0.2, -0.15) is 0 Å². The Labute approximate surface area is 123 Å². The number of benzene rings is 1. The largest absolute Gasteiger partial charge is 0.379 e. The van der Waals surface area contributed by atoms with Crippen molar-refractivity contribution >= 4 is 0 Å². The molecule has 2 nitrogen and oxygen atoms in total. The van der Waals surface area contributed by atoms with Gasteiger partial charge in [0.05, 0.1) is 5.60 Å². The average molecular weight is 275 g/mol. The van der Waals surface area contributed by atoms with Crippen molar-refractivity contribution in [3.63, 3.8) is 0 Å². The Morgan fingerprint density at radius 2 is 2.00 bits per heavy atom. The van der Waals surface area contributed by atoms with Crippen molar-refractivity contribution in [3.05, 3.63) is 35.9 Å². The summed E-state index contributed by atoms with van der Waals surface area (Å²) in [7, 11) is 1.81. The Balaban J connectivity index is 1.91. The van der Waals surface area contributed by atoms with Gasteiger partial charge in [-0.05, 0) is 57.1 Å². The molecule has 1 aliphatic rings. The van der Waals surface area contributed by atoms with Crippen LogP contribution in [0.3, 0.4) is 0 Å². The molecular formula is C18H29NO. The number of rotatable bonds is 8. The van der Waals surface area contributed by atoms with Crippen LogP contribution in [0, 0.1) is 5.92 Å². The third-order valence-electron chi connectivity index (χ3n) is 4.66. The second kappa shape index (κ2) is 6.73. The van der Waals surface area contributed by atoms with Gasteiger partial charge in [0.2, 0.25) is 0 Å². The number of hydrogen-bond acceptors (Lipinski definition) is 2. The van der Waals surface area contributed by atoms with Crippen LogP contribution in [0.2, 0.25) is 0 Å². The Kier molecular flexibility index (Phi) is 5.22. The quantitative estimate of drug-likeness (QED) is 0.775. The minimum Gasteiger partial charge on any atom is -0.379 e. The van der Waals surface area contributed by atoms with Gasteiger partial charge >= 0.3 is 0 Å². The molecule has 0 radical (unpaired) electrons. The molecule has 1 saturated carbocycles. The maximum atomic E-state index is 5.55. The summed E-state index contributed by atoms with van der Waals surface area (Å²) in [6.07, 6.45) is 3.64. The Hall–Kier alpha value is -0.860. The van der Waals surface area contributed by atoms with Gasteiger partial charge in [-0.15, -0.1) is 0 Å². The van der Waals surface area contributed by atoms with Crippen LogP contribution in [0.25, 0.3) is 0 Å². The van der Waals surface area contributed by atoms with E-state index in [2.05, 4.69) is 56.4 Å². The zero-order chi connectivity index (χ0) is 14.6. The molecule has 0 bridgehead atoms. The number of nitrogens with one attached hydrogen (secondary N) is 1. The molecule has 0 saturated heterocycles. The molecule has 3 unspecified atom stereocenters. The van der Waals surface area contributed by atoms with Crippen molar-refractivity contribution in [2.24, 2.45) is 5.92 Å². The standard InChI is InChI=1S/C18H29NO/c1-5-19-17(11-12-18(2,3)20-4)16-13-15(16)14-9-7-6-8-10-14/h6-10,15-17,19H,5,11-13H2,1-4H3. The fourth-order valence-corrected chi connectivity index (χ4v) is 3.08. The lowest BCUT2D eigenvalue weighted by atomic mass is 9.95. The van der Waals surface area contributed by atoms with Crippen molar-refractivity contribution in [2.45, 2.75) is 57.6 Å². The molecule has 0 heterocycles. The Morgan fingerprint density at radius 3 is 2.60 bits per heavy atom. The van der Waals surface area contributed by atoms with Gasteiger partial charge < -0.3 is 10.1 Å². The molecule has 2 heteroatoms. The molecule has 3 atom stereocenters. The van der Waals surface area contributed by atoms with Crippen LogP contribution >= 0.6 is 0 Å². The molecule has 0 aromatic heterocycles. The summed E-state index contributed by atoms with van der Waals surface area (Å²) in [5, 5.41) is 3.69. The van der Waals surface area contributed by atoms with Crippen molar-refractivity contribution < 1.29 is 4.74 Å². The van der Waals surface area contributed by atoms with Crippen LogP contribution in [0.1, 0.15) is 51.5 Å². The topological polar surface area (TPSA) is 21.3 Å². The molecule has 1 fully saturated rings. The maximum absolute atomic E-state index is 5.55. The Bertz CT molecular complexity index is 401. The highest BCUT2D eigenvalue weighted by Gasteiger charge is 2.43. The molecule has 1 aliphatic carbocycles. The predicted molar refractivity (Wildman–Crippen MR) is 85.1 cm³/mol. The van der Waals surface area contributed by atoms with Crippen molar-refractivity contribution in [1.29, 1.82) is 0 Å². The van der Waals surface area contributed by atoms with E-state index in [1.807, 2.05) is 7.11 Å². The molecule has 2 rings (SSSR count). The molecule has 20 heavy (non-hydrogen) atoms. The van der Waals surface area contributed by atoms with Gasteiger partial charge in [0.25, 0.3) is 0 Å². The monoisotopic (exact) mass is 275 g/mol. The number of hydrogen-bond donors (Lipinski definition) is 1. The highest BCUT2D eigenvalue weighted by molar-refractivity contribution is 5.26. The van der Waals surface area contributed by atoms with E-state index in [0.29, 0.717) is 6.04 Å². The normalized spacial score (nSPS) is 23.6. The van der Waals surface area contributed by atoms with E-state index in [4.69, 9.17) is 4.74 Å². The summed E-state index contributed by atoms with van der Waals surface area (Å²) in [5.74, 6) is 1.55. The van der Waals surface area contributed by atoms with Gasteiger partial charge in [-0.1, -0.05) is 37.3 Å². The molecule has 0 amide bonds. The zero-order valence-electron chi connectivity index (χ0n) is 13.4. The lowest BCUT2D eigenvalue weighted by molar-refractivity contribution is 0.0112. The van der Waals surface area contributed by atoms with Gasteiger partial charge in [0.15, 0.2) is 0 Å². The minimum absolute atomic E-state index is 0.00912. The van der Waals surface area contributed by atoms with E-state index in [1.54, 1.807) is 0 Å². The highest BCUT2D eigenvalue weighted by Crippen LogP contribution is 2.50. The first-order chi connectivity index (χ1) is 9.57. The molecule has 1 N–H and O–H groups in total. The first-order valence-electron chi connectivity index (χ1n) is 7.91. The summed E-state index contributed by atoms with van der Waals surface area (Å²) < 4.78 is 5.55. The molecule has 112 valence electrons. The summed E-state index contributed by atoms with van der Waals surface area (Å²) in [4.78, 5) is 0. The smallest absolute Gasteiger partial charge is 0.0623 e. The van der Waals surface area contributed by atoms with E-state index in [0.717, 1.165) is 24.8 Å². The SMILES string of the molecule is CCNC(CCC(C)(C)OC)C1CC1c1ccccc1. The van der Waals surface area contributed by atoms with Gasteiger partial charge in [-0.3, -0.25) is 0 Å². The maximum Gasteiger partial charge on any atom is 0.0623 e. The van der Waals surface area contributed by atoms with E-state index in [-0.39, 0.29) is 5.60 Å². The van der Waals surface area contributed by atoms with Crippen LogP contribution in [0.4, 0.5) is 0 Å². The first kappa shape index (κ1) is 15.5. The molecule has 1 aromatic rings. The summed E-state index contributed by atoms with van der Waals surface area (Å²) in [6, 6.07) is 11.6. The predicted octanol–water partition coefficient (Wildman–Crippen LogP) is 3.97. The van der Waals surface area contributed by atoms with E-state index in [9.17, 15) is 0 Å². The molecule has 0 spiro atoms. The van der Waals surface area contributed by atoms with Crippen LogP contribution in [0.15, 0.2) is 30.3 Å². The molecule has 0 aliphatic heterocycles. The highest BCUT2D eigenvalue weighted by atomic mass is 16.5. The van der Waals surface area contributed by atoms with E-state index >= 15 is 0 Å². The lowest BCUT2D eigenvalue weighted by Gasteiger charge is -2.26. The minimum atomic E-state index is -0.00912. The van der Waals surface area contributed by atoms with Gasteiger partial charge in [0, 0.05) is 13.2 Å². The van der Waals surface area contributed by atoms with Crippen LogP contribution in [0.5, 0.6) is 0 Å². The van der Waals surface area contributed by atoms with Crippen LogP contribution in [-0.2, 0) is 4.74 Å². The second-order valence-corrected chi connectivity index (χ2v) is 6.58. The molecular weight excluding hydrogens is 246 g/mol. The van der Waals surface area contributed by atoms with E-state index in [1.165, 1.54) is 18.4 Å².